The Hall–Kier alpha value is -3.33. The summed E-state index contributed by atoms with van der Waals surface area (Å²) in [6.45, 7) is 4.64. The maximum atomic E-state index is 13.8. The van der Waals surface area contributed by atoms with Crippen molar-refractivity contribution in [2.75, 3.05) is 19.1 Å². The number of methoxy groups -OCH3 is 1. The second-order valence-electron chi connectivity index (χ2n) is 10.4. The topological polar surface area (TPSA) is 96.3 Å². The smallest absolute Gasteiger partial charge is 0.216 e. The number of hydrogen-bond acceptors (Lipinski definition) is 8. The monoisotopic (exact) mass is 478 g/mol. The van der Waals surface area contributed by atoms with Crippen LogP contribution in [0.1, 0.15) is 46.0 Å². The Morgan fingerprint density at radius 1 is 1.09 bits per heavy atom. The summed E-state index contributed by atoms with van der Waals surface area (Å²) in [6.07, 6.45) is 7.43. The second kappa shape index (κ2) is 8.71. The highest BCUT2D eigenvalue weighted by Gasteiger charge is 2.46. The minimum Gasteiger partial charge on any atom is -0.507 e. The molecular formula is C26H31FN6O2. The van der Waals surface area contributed by atoms with Crippen LogP contribution in [0.25, 0.3) is 22.5 Å². The summed E-state index contributed by atoms with van der Waals surface area (Å²) < 4.78 is 18.8. The number of benzene rings is 1. The van der Waals surface area contributed by atoms with E-state index in [0.717, 1.165) is 12.8 Å². The van der Waals surface area contributed by atoms with Gasteiger partial charge in [0.2, 0.25) is 11.8 Å². The van der Waals surface area contributed by atoms with Crippen LogP contribution in [0.15, 0.2) is 36.5 Å². The number of aromatic nitrogens is 4. The molecule has 5 rings (SSSR count). The van der Waals surface area contributed by atoms with Gasteiger partial charge < -0.3 is 20.1 Å². The number of halogens is 1. The number of nitrogens with zero attached hydrogens (tertiary/aromatic N) is 5. The minimum absolute atomic E-state index is 0.0198. The van der Waals surface area contributed by atoms with Gasteiger partial charge in [0.05, 0.1) is 18.9 Å². The summed E-state index contributed by atoms with van der Waals surface area (Å²) in [4.78, 5) is 10.3. The number of hydrogen-bond donors (Lipinski definition) is 2. The first-order valence-corrected chi connectivity index (χ1v) is 11.9. The first kappa shape index (κ1) is 23.4. The van der Waals surface area contributed by atoms with Crippen LogP contribution in [0.5, 0.6) is 11.6 Å². The van der Waals surface area contributed by atoms with Crippen molar-refractivity contribution in [1.82, 2.24) is 25.5 Å². The van der Waals surface area contributed by atoms with Gasteiger partial charge in [0.15, 0.2) is 11.6 Å². The molecule has 2 N–H and O–H groups in total. The van der Waals surface area contributed by atoms with Gasteiger partial charge in [-0.1, -0.05) is 6.07 Å². The van der Waals surface area contributed by atoms with E-state index in [0.29, 0.717) is 34.4 Å². The van der Waals surface area contributed by atoms with E-state index in [2.05, 4.69) is 51.3 Å². The average Bonchev–Trinajstić information content (AvgIpc) is 2.82. The fourth-order valence-electron chi connectivity index (χ4n) is 5.80. The molecule has 2 bridgehead atoms. The van der Waals surface area contributed by atoms with Gasteiger partial charge in [-0.25, -0.2) is 4.98 Å². The number of fused-ring (bicyclic) bond motifs is 2. The van der Waals surface area contributed by atoms with Crippen LogP contribution >= 0.6 is 0 Å². The Kier molecular flexibility index (Phi) is 5.83. The van der Waals surface area contributed by atoms with E-state index in [1.54, 1.807) is 30.5 Å². The molecule has 3 aromatic rings. The van der Waals surface area contributed by atoms with Crippen molar-refractivity contribution in [1.29, 1.82) is 0 Å². The van der Waals surface area contributed by atoms with Crippen molar-refractivity contribution in [2.45, 2.75) is 63.1 Å². The lowest BCUT2D eigenvalue weighted by atomic mass is 9.69. The molecule has 0 spiro atoms. The Labute approximate surface area is 204 Å². The zero-order chi connectivity index (χ0) is 24.8. The lowest BCUT2D eigenvalue weighted by Gasteiger charge is -2.55. The first-order valence-electron chi connectivity index (χ1n) is 11.9. The third-order valence-corrected chi connectivity index (χ3v) is 7.44. The summed E-state index contributed by atoms with van der Waals surface area (Å²) >= 11 is 0. The SMILES string of the molecule is COc1cc(-c2ccc(-c3ncc(N(C)[C@H]4C[C@]5(C)CCC[C@](C)(C4)N5)nn3)c(O)c2)cc(F)n1. The van der Waals surface area contributed by atoms with E-state index in [4.69, 9.17) is 4.74 Å². The van der Waals surface area contributed by atoms with Crippen molar-refractivity contribution in [2.24, 2.45) is 0 Å². The van der Waals surface area contributed by atoms with Gasteiger partial charge in [0.1, 0.15) is 5.75 Å². The van der Waals surface area contributed by atoms with Crippen molar-refractivity contribution >= 4 is 5.82 Å². The highest BCUT2D eigenvalue weighted by molar-refractivity contribution is 5.73. The van der Waals surface area contributed by atoms with Crippen LogP contribution < -0.4 is 15.0 Å². The average molecular weight is 479 g/mol. The molecule has 2 saturated heterocycles. The zero-order valence-corrected chi connectivity index (χ0v) is 20.5. The molecule has 9 heteroatoms. The molecule has 0 amide bonds. The van der Waals surface area contributed by atoms with E-state index in [-0.39, 0.29) is 22.7 Å². The molecule has 0 aliphatic carbocycles. The highest BCUT2D eigenvalue weighted by atomic mass is 19.1. The van der Waals surface area contributed by atoms with Gasteiger partial charge in [-0.15, -0.1) is 10.2 Å². The fraction of sp³-hybridized carbons (Fsp3) is 0.462. The second-order valence-corrected chi connectivity index (χ2v) is 10.4. The van der Waals surface area contributed by atoms with Crippen LogP contribution in [-0.4, -0.2) is 56.5 Å². The van der Waals surface area contributed by atoms with Crippen LogP contribution in [0.3, 0.4) is 0 Å². The lowest BCUT2D eigenvalue weighted by Crippen LogP contribution is -2.66. The minimum atomic E-state index is -0.657. The van der Waals surface area contributed by atoms with Gasteiger partial charge in [-0.05, 0) is 69.2 Å². The van der Waals surface area contributed by atoms with E-state index >= 15 is 0 Å². The Bertz CT molecular complexity index is 1220. The first-order chi connectivity index (χ1) is 16.7. The molecule has 1 aromatic carbocycles. The van der Waals surface area contributed by atoms with E-state index in [1.807, 2.05) is 0 Å². The zero-order valence-electron chi connectivity index (χ0n) is 20.5. The largest absolute Gasteiger partial charge is 0.507 e. The molecule has 35 heavy (non-hydrogen) atoms. The van der Waals surface area contributed by atoms with E-state index in [9.17, 15) is 9.50 Å². The molecule has 0 radical (unpaired) electrons. The van der Waals surface area contributed by atoms with Crippen LogP contribution in [0, 0.1) is 5.95 Å². The number of piperidine rings is 2. The van der Waals surface area contributed by atoms with Crippen molar-refractivity contribution in [3.05, 3.63) is 42.5 Å². The van der Waals surface area contributed by atoms with Gasteiger partial charge in [-0.2, -0.15) is 9.37 Å². The predicted octanol–water partition coefficient (Wildman–Crippen LogP) is 4.34. The van der Waals surface area contributed by atoms with E-state index in [1.165, 1.54) is 32.4 Å². The van der Waals surface area contributed by atoms with Crippen LogP contribution in [-0.2, 0) is 0 Å². The number of ether oxygens (including phenoxy) is 1. The third kappa shape index (κ3) is 4.65. The van der Waals surface area contributed by atoms with E-state index < -0.39 is 5.95 Å². The number of anilines is 1. The summed E-state index contributed by atoms with van der Waals surface area (Å²) in [6, 6.07) is 8.25. The number of phenolic OH excluding ortho intramolecular Hbond substituents is 1. The van der Waals surface area contributed by atoms with Crippen LogP contribution in [0.4, 0.5) is 10.2 Å². The highest BCUT2D eigenvalue weighted by Crippen LogP contribution is 2.42. The number of rotatable bonds is 5. The summed E-state index contributed by atoms with van der Waals surface area (Å²) in [5.74, 6) is 0.521. The molecule has 2 aromatic heterocycles. The molecule has 184 valence electrons. The molecule has 0 saturated carbocycles. The summed E-state index contributed by atoms with van der Waals surface area (Å²) in [5.41, 5.74) is 1.89. The molecule has 2 aliphatic rings. The fourth-order valence-corrected chi connectivity index (χ4v) is 5.80. The standard InChI is InChI=1S/C26H31FN6O2/c1-25-8-5-9-26(2,32-25)14-18(13-25)33(3)22-15-28-24(31-30-22)19-7-6-16(10-20(19)34)17-11-21(27)29-23(12-17)35-4/h6-7,10-12,15,18,32,34H,5,8-9,13-14H2,1-4H3/t18-,25-,26+. The normalized spacial score (nSPS) is 25.8. The molecule has 2 aliphatic heterocycles. The number of nitrogens with one attached hydrogen (secondary N) is 1. The molecule has 2 fully saturated rings. The summed E-state index contributed by atoms with van der Waals surface area (Å²) in [5, 5.41) is 23.3. The molecule has 8 nitrogen and oxygen atoms in total. The lowest BCUT2D eigenvalue weighted by molar-refractivity contribution is 0.0784. The quantitative estimate of drug-likeness (QED) is 0.523. The van der Waals surface area contributed by atoms with Crippen molar-refractivity contribution in [3.63, 3.8) is 0 Å². The maximum Gasteiger partial charge on any atom is 0.216 e. The third-order valence-electron chi connectivity index (χ3n) is 7.44. The maximum absolute atomic E-state index is 13.8. The van der Waals surface area contributed by atoms with Crippen molar-refractivity contribution < 1.29 is 14.2 Å². The molecule has 0 unspecified atom stereocenters. The van der Waals surface area contributed by atoms with Gasteiger partial charge in [0, 0.05) is 36.3 Å². The van der Waals surface area contributed by atoms with Crippen LogP contribution in [0.2, 0.25) is 0 Å². The predicted molar refractivity (Wildman–Crippen MR) is 132 cm³/mol. The van der Waals surface area contributed by atoms with Gasteiger partial charge in [0.25, 0.3) is 0 Å². The van der Waals surface area contributed by atoms with Gasteiger partial charge in [-0.3, -0.25) is 0 Å². The van der Waals surface area contributed by atoms with Gasteiger partial charge >= 0.3 is 0 Å². The number of pyridine rings is 1. The Morgan fingerprint density at radius 3 is 2.46 bits per heavy atom. The van der Waals surface area contributed by atoms with Crippen molar-refractivity contribution in [3.8, 4) is 34.1 Å². The number of phenols is 1. The Balaban J connectivity index is 1.36. The number of aromatic hydroxyl groups is 1. The summed E-state index contributed by atoms with van der Waals surface area (Å²) in [7, 11) is 3.48. The molecule has 4 heterocycles. The molecule has 3 atom stereocenters. The Morgan fingerprint density at radius 2 is 1.83 bits per heavy atom. The molecular weight excluding hydrogens is 447 g/mol.